The van der Waals surface area contributed by atoms with Crippen molar-refractivity contribution >= 4 is 34.4 Å². The lowest BCUT2D eigenvalue weighted by molar-refractivity contribution is -0.118. The van der Waals surface area contributed by atoms with Gasteiger partial charge in [-0.3, -0.25) is 9.59 Å². The maximum absolute atomic E-state index is 12.5. The predicted molar refractivity (Wildman–Crippen MR) is 128 cm³/mol. The molecule has 0 aliphatic carbocycles. The van der Waals surface area contributed by atoms with E-state index in [-0.39, 0.29) is 23.8 Å². The first-order valence-electron chi connectivity index (χ1n) is 10.7. The number of carbonyl (C=O) groups excluding carboxylic acids is 2. The van der Waals surface area contributed by atoms with E-state index < -0.39 is 11.9 Å². The summed E-state index contributed by atoms with van der Waals surface area (Å²) in [6.45, 7) is 0.150. The van der Waals surface area contributed by atoms with Gasteiger partial charge in [-0.2, -0.15) is 0 Å². The molecule has 0 fully saturated rings. The van der Waals surface area contributed by atoms with Crippen molar-refractivity contribution in [3.8, 4) is 5.75 Å². The number of aromatic carboxylic acids is 1. The Morgan fingerprint density at radius 1 is 0.912 bits per heavy atom. The number of ether oxygens (including phenoxy) is 1. The fourth-order valence-electron chi connectivity index (χ4n) is 3.60. The van der Waals surface area contributed by atoms with Crippen LogP contribution < -0.4 is 15.4 Å². The minimum atomic E-state index is -1.13. The molecule has 0 aliphatic rings. The second-order valence-corrected chi connectivity index (χ2v) is 7.58. The van der Waals surface area contributed by atoms with Crippen LogP contribution in [0.5, 0.6) is 5.75 Å². The van der Waals surface area contributed by atoms with Gasteiger partial charge in [0.2, 0.25) is 0 Å². The van der Waals surface area contributed by atoms with E-state index in [0.717, 1.165) is 16.5 Å². The number of aromatic amines is 1. The van der Waals surface area contributed by atoms with Crippen molar-refractivity contribution in [2.45, 2.75) is 6.42 Å². The van der Waals surface area contributed by atoms with Crippen LogP contribution in [0.25, 0.3) is 10.9 Å². The molecule has 0 saturated carbocycles. The number of amides is 2. The molecule has 0 radical (unpaired) electrons. The number of aromatic nitrogens is 1. The summed E-state index contributed by atoms with van der Waals surface area (Å²) in [6, 6.07) is 20.7. The molecule has 0 aliphatic heterocycles. The molecule has 1 heterocycles. The Labute approximate surface area is 195 Å². The number of benzene rings is 3. The summed E-state index contributed by atoms with van der Waals surface area (Å²) < 4.78 is 5.34. The van der Waals surface area contributed by atoms with Gasteiger partial charge in [0.05, 0.1) is 0 Å². The zero-order chi connectivity index (χ0) is 23.9. The zero-order valence-electron chi connectivity index (χ0n) is 18.2. The summed E-state index contributed by atoms with van der Waals surface area (Å²) in [4.78, 5) is 39.0. The molecule has 0 unspecified atom stereocenters. The van der Waals surface area contributed by atoms with Crippen LogP contribution in [0.15, 0.2) is 79.0 Å². The smallest absolute Gasteiger partial charge is 0.339 e. The van der Waals surface area contributed by atoms with Crippen molar-refractivity contribution in [3.63, 3.8) is 0 Å². The number of rotatable bonds is 9. The molecular formula is C26H23N3O5. The highest BCUT2D eigenvalue weighted by atomic mass is 16.5. The molecule has 0 spiro atoms. The maximum Gasteiger partial charge on any atom is 0.339 e. The lowest BCUT2D eigenvalue weighted by Gasteiger charge is -2.10. The molecule has 172 valence electrons. The van der Waals surface area contributed by atoms with Gasteiger partial charge >= 0.3 is 5.97 Å². The molecule has 0 bridgehead atoms. The summed E-state index contributed by atoms with van der Waals surface area (Å²) in [7, 11) is 0. The van der Waals surface area contributed by atoms with Gasteiger partial charge in [0.15, 0.2) is 6.61 Å². The molecule has 4 rings (SSSR count). The summed E-state index contributed by atoms with van der Waals surface area (Å²) >= 11 is 0. The number of carbonyl (C=O) groups is 3. The second kappa shape index (κ2) is 10.4. The van der Waals surface area contributed by atoms with E-state index in [9.17, 15) is 14.4 Å². The molecule has 8 heteroatoms. The summed E-state index contributed by atoms with van der Waals surface area (Å²) in [5, 5.41) is 15.9. The van der Waals surface area contributed by atoms with Gasteiger partial charge in [-0.25, -0.2) is 4.79 Å². The standard InChI is InChI=1S/C26H23N3O5/c30-24(16-34-23-7-2-1-5-21(23)26(32)33)29-19-10-8-18(9-11-19)25(31)28-14-12-17-4-3-6-22-20(17)13-15-27-22/h1-11,13,15,27H,12,14,16H2,(H,28,31)(H,29,30)(H,32,33). The van der Waals surface area contributed by atoms with Gasteiger partial charge in [-0.1, -0.05) is 24.3 Å². The Kier molecular flexibility index (Phi) is 6.88. The average molecular weight is 457 g/mol. The number of hydrogen-bond acceptors (Lipinski definition) is 4. The number of carboxylic acid groups (broad SMARTS) is 1. The minimum Gasteiger partial charge on any atom is -0.483 e. The highest BCUT2D eigenvalue weighted by Crippen LogP contribution is 2.19. The molecule has 1 aromatic heterocycles. The fraction of sp³-hybridized carbons (Fsp3) is 0.115. The molecule has 2 amide bonds. The van der Waals surface area contributed by atoms with Crippen LogP contribution in [0.3, 0.4) is 0 Å². The number of hydrogen-bond donors (Lipinski definition) is 4. The quantitative estimate of drug-likeness (QED) is 0.304. The lowest BCUT2D eigenvalue weighted by Crippen LogP contribution is -2.25. The van der Waals surface area contributed by atoms with Crippen molar-refractivity contribution in [2.75, 3.05) is 18.5 Å². The van der Waals surface area contributed by atoms with E-state index in [4.69, 9.17) is 9.84 Å². The molecule has 0 saturated heterocycles. The van der Waals surface area contributed by atoms with E-state index in [1.54, 1.807) is 36.4 Å². The number of H-pyrrole nitrogens is 1. The molecule has 3 aromatic carbocycles. The van der Waals surface area contributed by atoms with Gasteiger partial charge in [-0.05, 0) is 60.5 Å². The Balaban J connectivity index is 1.26. The minimum absolute atomic E-state index is 0.0181. The molecular weight excluding hydrogens is 434 g/mol. The first kappa shape index (κ1) is 22.6. The van der Waals surface area contributed by atoms with E-state index in [1.807, 2.05) is 30.5 Å². The van der Waals surface area contributed by atoms with Gasteiger partial charge < -0.3 is 25.5 Å². The number of fused-ring (bicyclic) bond motifs is 1. The van der Waals surface area contributed by atoms with Crippen LogP contribution in [-0.4, -0.2) is 41.0 Å². The Morgan fingerprint density at radius 2 is 1.71 bits per heavy atom. The van der Waals surface area contributed by atoms with Gasteiger partial charge in [0, 0.05) is 34.9 Å². The largest absolute Gasteiger partial charge is 0.483 e. The van der Waals surface area contributed by atoms with Crippen molar-refractivity contribution in [2.24, 2.45) is 0 Å². The lowest BCUT2D eigenvalue weighted by atomic mass is 10.1. The summed E-state index contributed by atoms with van der Waals surface area (Å²) in [5.74, 6) is -1.67. The topological polar surface area (TPSA) is 121 Å². The monoisotopic (exact) mass is 457 g/mol. The third-order valence-corrected chi connectivity index (χ3v) is 5.27. The van der Waals surface area contributed by atoms with E-state index in [0.29, 0.717) is 24.2 Å². The highest BCUT2D eigenvalue weighted by Gasteiger charge is 2.12. The molecule has 4 N–H and O–H groups in total. The third-order valence-electron chi connectivity index (χ3n) is 5.27. The van der Waals surface area contributed by atoms with Crippen LogP contribution >= 0.6 is 0 Å². The maximum atomic E-state index is 12.5. The van der Waals surface area contributed by atoms with Crippen LogP contribution in [0.2, 0.25) is 0 Å². The number of anilines is 1. The number of carboxylic acids is 1. The van der Waals surface area contributed by atoms with Gasteiger partial charge in [-0.15, -0.1) is 0 Å². The Bertz CT molecular complexity index is 1330. The Hall–Kier alpha value is -4.59. The SMILES string of the molecule is O=C(COc1ccccc1C(=O)O)Nc1ccc(C(=O)NCCc2cccc3[nH]ccc23)cc1. The number of para-hydroxylation sites is 1. The van der Waals surface area contributed by atoms with E-state index in [2.05, 4.69) is 15.6 Å². The van der Waals surface area contributed by atoms with E-state index in [1.165, 1.54) is 12.1 Å². The van der Waals surface area contributed by atoms with Crippen LogP contribution in [0.4, 0.5) is 5.69 Å². The third kappa shape index (κ3) is 5.42. The first-order chi connectivity index (χ1) is 16.5. The van der Waals surface area contributed by atoms with Gasteiger partial charge in [0.1, 0.15) is 11.3 Å². The van der Waals surface area contributed by atoms with Crippen LogP contribution in [0, 0.1) is 0 Å². The van der Waals surface area contributed by atoms with Crippen molar-refractivity contribution in [1.29, 1.82) is 0 Å². The number of nitrogens with one attached hydrogen (secondary N) is 3. The molecule has 8 nitrogen and oxygen atoms in total. The van der Waals surface area contributed by atoms with Crippen LogP contribution in [-0.2, 0) is 11.2 Å². The fourth-order valence-corrected chi connectivity index (χ4v) is 3.60. The normalized spacial score (nSPS) is 10.6. The van der Waals surface area contributed by atoms with Gasteiger partial charge in [0.25, 0.3) is 11.8 Å². The summed E-state index contributed by atoms with van der Waals surface area (Å²) in [6.07, 6.45) is 2.61. The molecule has 34 heavy (non-hydrogen) atoms. The predicted octanol–water partition coefficient (Wildman–Crippen LogP) is 3.86. The average Bonchev–Trinajstić information content (AvgIpc) is 3.33. The van der Waals surface area contributed by atoms with Crippen LogP contribution in [0.1, 0.15) is 26.3 Å². The Morgan fingerprint density at radius 3 is 2.50 bits per heavy atom. The summed E-state index contributed by atoms with van der Waals surface area (Å²) in [5.41, 5.74) is 3.18. The second-order valence-electron chi connectivity index (χ2n) is 7.58. The molecule has 0 atom stereocenters. The first-order valence-corrected chi connectivity index (χ1v) is 10.7. The zero-order valence-corrected chi connectivity index (χ0v) is 18.2. The van der Waals surface area contributed by atoms with Crippen molar-refractivity contribution in [1.82, 2.24) is 10.3 Å². The van der Waals surface area contributed by atoms with E-state index >= 15 is 0 Å². The van der Waals surface area contributed by atoms with Crippen molar-refractivity contribution < 1.29 is 24.2 Å². The highest BCUT2D eigenvalue weighted by molar-refractivity contribution is 5.96. The van der Waals surface area contributed by atoms with Crippen molar-refractivity contribution in [3.05, 3.63) is 95.7 Å². The molecule has 4 aromatic rings.